The van der Waals surface area contributed by atoms with Gasteiger partial charge in [0.05, 0.1) is 6.10 Å². The van der Waals surface area contributed by atoms with Crippen LogP contribution in [0.5, 0.6) is 0 Å². The highest BCUT2D eigenvalue weighted by atomic mass is 16.3. The normalized spacial score (nSPS) is 14.9. The number of aliphatic hydroxyl groups is 1. The third-order valence-electron chi connectivity index (χ3n) is 2.32. The first-order valence-electron chi connectivity index (χ1n) is 4.65. The molecule has 1 nitrogen and oxygen atoms in total. The van der Waals surface area contributed by atoms with Crippen molar-refractivity contribution < 1.29 is 5.11 Å². The molecular weight excluding hydrogens is 160 g/mol. The third kappa shape index (κ3) is 2.43. The first-order chi connectivity index (χ1) is 6.29. The molecule has 0 saturated heterocycles. The molecule has 0 spiro atoms. The van der Waals surface area contributed by atoms with Gasteiger partial charge in [-0.05, 0) is 12.0 Å². The Morgan fingerprint density at radius 2 is 2.00 bits per heavy atom. The largest absolute Gasteiger partial charge is 0.388 e. The summed E-state index contributed by atoms with van der Waals surface area (Å²) in [4.78, 5) is 0. The molecule has 0 heterocycles. The average molecular weight is 176 g/mol. The van der Waals surface area contributed by atoms with Crippen molar-refractivity contribution in [3.63, 3.8) is 0 Å². The fourth-order valence-electron chi connectivity index (χ4n) is 1.42. The maximum atomic E-state index is 9.91. The molecule has 1 aromatic carbocycles. The van der Waals surface area contributed by atoms with Crippen molar-refractivity contribution in [1.29, 1.82) is 0 Å². The molecule has 2 atom stereocenters. The molecule has 2 unspecified atom stereocenters. The molecule has 70 valence electrons. The van der Waals surface area contributed by atoms with Gasteiger partial charge in [-0.15, -0.1) is 6.58 Å². The van der Waals surface area contributed by atoms with Crippen molar-refractivity contribution in [2.45, 2.75) is 19.4 Å². The first-order valence-corrected chi connectivity index (χ1v) is 4.65. The molecule has 13 heavy (non-hydrogen) atoms. The second-order valence-electron chi connectivity index (χ2n) is 3.16. The molecule has 0 aliphatic carbocycles. The Hall–Kier alpha value is -1.08. The quantitative estimate of drug-likeness (QED) is 0.699. The second kappa shape index (κ2) is 4.83. The van der Waals surface area contributed by atoms with Crippen molar-refractivity contribution in [2.75, 3.05) is 0 Å². The van der Waals surface area contributed by atoms with Gasteiger partial charge < -0.3 is 5.11 Å². The zero-order chi connectivity index (χ0) is 9.68. The molecule has 1 N–H and O–H groups in total. The molecule has 0 bridgehead atoms. The lowest BCUT2D eigenvalue weighted by Crippen LogP contribution is -2.08. The van der Waals surface area contributed by atoms with Crippen LogP contribution in [0.4, 0.5) is 0 Å². The summed E-state index contributed by atoms with van der Waals surface area (Å²) in [5.74, 6) is 0.155. The van der Waals surface area contributed by atoms with Crippen molar-refractivity contribution in [3.05, 3.63) is 48.6 Å². The fraction of sp³-hybridized carbons (Fsp3) is 0.333. The predicted molar refractivity (Wildman–Crippen MR) is 55.4 cm³/mol. The van der Waals surface area contributed by atoms with E-state index in [1.165, 1.54) is 0 Å². The lowest BCUT2D eigenvalue weighted by molar-refractivity contribution is 0.129. The summed E-state index contributed by atoms with van der Waals surface area (Å²) in [6.07, 6.45) is 2.32. The monoisotopic (exact) mass is 176 g/mol. The van der Waals surface area contributed by atoms with Crippen LogP contribution in [0.15, 0.2) is 43.0 Å². The van der Waals surface area contributed by atoms with Gasteiger partial charge in [-0.25, -0.2) is 0 Å². The Balaban J connectivity index is 2.77. The minimum absolute atomic E-state index is 0.155. The molecule has 0 radical (unpaired) electrons. The van der Waals surface area contributed by atoms with E-state index >= 15 is 0 Å². The van der Waals surface area contributed by atoms with E-state index in [2.05, 4.69) is 13.5 Å². The number of hydrogen-bond donors (Lipinski definition) is 1. The van der Waals surface area contributed by atoms with Crippen LogP contribution in [0.1, 0.15) is 25.0 Å². The zero-order valence-corrected chi connectivity index (χ0v) is 7.98. The summed E-state index contributed by atoms with van der Waals surface area (Å²) in [7, 11) is 0. The van der Waals surface area contributed by atoms with Gasteiger partial charge in [0, 0.05) is 5.92 Å². The van der Waals surface area contributed by atoms with E-state index in [4.69, 9.17) is 0 Å². The van der Waals surface area contributed by atoms with Gasteiger partial charge >= 0.3 is 0 Å². The number of benzene rings is 1. The van der Waals surface area contributed by atoms with E-state index in [9.17, 15) is 5.11 Å². The van der Waals surface area contributed by atoms with Gasteiger partial charge in [0.15, 0.2) is 0 Å². The molecule has 0 amide bonds. The Morgan fingerprint density at radius 3 is 2.46 bits per heavy atom. The number of rotatable bonds is 4. The summed E-state index contributed by atoms with van der Waals surface area (Å²) in [6.45, 7) is 5.77. The third-order valence-corrected chi connectivity index (χ3v) is 2.32. The van der Waals surface area contributed by atoms with Crippen molar-refractivity contribution >= 4 is 0 Å². The number of hydrogen-bond acceptors (Lipinski definition) is 1. The van der Waals surface area contributed by atoms with E-state index in [-0.39, 0.29) is 5.92 Å². The van der Waals surface area contributed by atoms with E-state index < -0.39 is 6.10 Å². The Kier molecular flexibility index (Phi) is 3.71. The van der Waals surface area contributed by atoms with Gasteiger partial charge in [-0.2, -0.15) is 0 Å². The summed E-state index contributed by atoms with van der Waals surface area (Å²) >= 11 is 0. The standard InChI is InChI=1S/C12H16O/c1-3-10(4-2)12(13)11-8-6-5-7-9-11/h3,5-10,12-13H,1,4H2,2H3. The van der Waals surface area contributed by atoms with Gasteiger partial charge in [0.1, 0.15) is 0 Å². The predicted octanol–water partition coefficient (Wildman–Crippen LogP) is 2.93. The van der Waals surface area contributed by atoms with Crippen LogP contribution in [-0.2, 0) is 0 Å². The van der Waals surface area contributed by atoms with E-state index in [1.807, 2.05) is 36.4 Å². The minimum atomic E-state index is -0.413. The summed E-state index contributed by atoms with van der Waals surface area (Å²) in [5, 5.41) is 9.91. The minimum Gasteiger partial charge on any atom is -0.388 e. The maximum Gasteiger partial charge on any atom is 0.0852 e. The van der Waals surface area contributed by atoms with Crippen LogP contribution < -0.4 is 0 Å². The summed E-state index contributed by atoms with van der Waals surface area (Å²) in [6, 6.07) is 9.71. The van der Waals surface area contributed by atoms with Gasteiger partial charge in [-0.3, -0.25) is 0 Å². The highest BCUT2D eigenvalue weighted by Crippen LogP contribution is 2.24. The molecule has 0 saturated carbocycles. The van der Waals surface area contributed by atoms with Crippen LogP contribution in [0.3, 0.4) is 0 Å². The van der Waals surface area contributed by atoms with Crippen LogP contribution in [0, 0.1) is 5.92 Å². The maximum absolute atomic E-state index is 9.91. The fourth-order valence-corrected chi connectivity index (χ4v) is 1.42. The van der Waals surface area contributed by atoms with Crippen molar-refractivity contribution in [3.8, 4) is 0 Å². The topological polar surface area (TPSA) is 20.2 Å². The van der Waals surface area contributed by atoms with Gasteiger partial charge in [0.25, 0.3) is 0 Å². The molecule has 0 aliphatic rings. The average Bonchev–Trinajstić information content (AvgIpc) is 2.21. The highest BCUT2D eigenvalue weighted by molar-refractivity contribution is 5.18. The van der Waals surface area contributed by atoms with E-state index in [1.54, 1.807) is 0 Å². The summed E-state index contributed by atoms with van der Waals surface area (Å²) in [5.41, 5.74) is 0.967. The van der Waals surface area contributed by atoms with Crippen molar-refractivity contribution in [2.24, 2.45) is 5.92 Å². The van der Waals surface area contributed by atoms with Gasteiger partial charge in [0.2, 0.25) is 0 Å². The summed E-state index contributed by atoms with van der Waals surface area (Å²) < 4.78 is 0. The van der Waals surface area contributed by atoms with Crippen LogP contribution >= 0.6 is 0 Å². The first kappa shape index (κ1) is 10.0. The Morgan fingerprint density at radius 1 is 1.38 bits per heavy atom. The Bertz CT molecular complexity index is 253. The molecular formula is C12H16O. The van der Waals surface area contributed by atoms with Crippen LogP contribution in [0.2, 0.25) is 0 Å². The lowest BCUT2D eigenvalue weighted by atomic mass is 9.94. The van der Waals surface area contributed by atoms with E-state index in [0.717, 1.165) is 12.0 Å². The van der Waals surface area contributed by atoms with Crippen LogP contribution in [0.25, 0.3) is 0 Å². The Labute approximate surface area is 79.7 Å². The molecule has 0 aliphatic heterocycles. The molecule has 0 fully saturated rings. The molecule has 0 aromatic heterocycles. The molecule has 1 aromatic rings. The van der Waals surface area contributed by atoms with Crippen molar-refractivity contribution in [1.82, 2.24) is 0 Å². The SMILES string of the molecule is C=CC(CC)C(O)c1ccccc1. The molecule has 1 rings (SSSR count). The lowest BCUT2D eigenvalue weighted by Gasteiger charge is -2.17. The van der Waals surface area contributed by atoms with E-state index in [0.29, 0.717) is 0 Å². The molecule has 1 heteroatoms. The highest BCUT2D eigenvalue weighted by Gasteiger charge is 2.14. The smallest absolute Gasteiger partial charge is 0.0852 e. The van der Waals surface area contributed by atoms with Gasteiger partial charge in [-0.1, -0.05) is 43.3 Å². The zero-order valence-electron chi connectivity index (χ0n) is 7.98. The second-order valence-corrected chi connectivity index (χ2v) is 3.16. The number of aliphatic hydroxyl groups excluding tert-OH is 1. The van der Waals surface area contributed by atoms with Crippen LogP contribution in [-0.4, -0.2) is 5.11 Å².